The zero-order valence-electron chi connectivity index (χ0n) is 24.9. The van der Waals surface area contributed by atoms with E-state index in [0.29, 0.717) is 54.3 Å². The van der Waals surface area contributed by atoms with Crippen LogP contribution in [0.15, 0.2) is 118 Å². The average molecular weight is 672 g/mol. The van der Waals surface area contributed by atoms with Gasteiger partial charge in [-0.05, 0) is 59.5 Å². The second-order valence-corrected chi connectivity index (χ2v) is 12.3. The Morgan fingerprint density at radius 3 is 2.26 bits per heavy atom. The molecule has 0 radical (unpaired) electrons. The lowest BCUT2D eigenvalue weighted by Gasteiger charge is -2.25. The molecule has 4 aromatic carbocycles. The molecule has 0 aliphatic carbocycles. The van der Waals surface area contributed by atoms with Gasteiger partial charge in [0.25, 0.3) is 5.56 Å². The molecule has 0 saturated heterocycles. The summed E-state index contributed by atoms with van der Waals surface area (Å²) in [5, 5.41) is 0.793. The van der Waals surface area contributed by atoms with Gasteiger partial charge < -0.3 is 14.2 Å². The lowest BCUT2D eigenvalue weighted by Crippen LogP contribution is -2.39. The van der Waals surface area contributed by atoms with Crippen LogP contribution in [0.5, 0.6) is 11.5 Å². The van der Waals surface area contributed by atoms with Crippen molar-refractivity contribution in [2.75, 3.05) is 7.11 Å². The highest BCUT2D eigenvalue weighted by molar-refractivity contribution is 7.07. The van der Waals surface area contributed by atoms with Gasteiger partial charge in [-0.1, -0.05) is 107 Å². The van der Waals surface area contributed by atoms with Crippen molar-refractivity contribution in [3.63, 3.8) is 0 Å². The number of aromatic nitrogens is 1. The summed E-state index contributed by atoms with van der Waals surface area (Å²) in [5.41, 5.74) is 3.57. The van der Waals surface area contributed by atoms with E-state index in [1.807, 2.05) is 66.7 Å². The third kappa shape index (κ3) is 6.65. The van der Waals surface area contributed by atoms with Gasteiger partial charge >= 0.3 is 5.97 Å². The zero-order chi connectivity index (χ0) is 32.2. The van der Waals surface area contributed by atoms with Crippen molar-refractivity contribution in [1.29, 1.82) is 0 Å². The van der Waals surface area contributed by atoms with Gasteiger partial charge in [-0.15, -0.1) is 0 Å². The molecule has 5 aromatic rings. The van der Waals surface area contributed by atoms with Crippen LogP contribution in [-0.2, 0) is 22.7 Å². The Balaban J connectivity index is 1.43. The summed E-state index contributed by atoms with van der Waals surface area (Å²) in [7, 11) is 1.55. The van der Waals surface area contributed by atoms with E-state index in [0.717, 1.165) is 11.1 Å². The maximum Gasteiger partial charge on any atom is 0.338 e. The van der Waals surface area contributed by atoms with Crippen molar-refractivity contribution < 1.29 is 19.0 Å². The molecule has 0 spiro atoms. The van der Waals surface area contributed by atoms with Crippen LogP contribution in [0.25, 0.3) is 6.08 Å². The molecule has 2 heterocycles. The summed E-state index contributed by atoms with van der Waals surface area (Å²) in [6.07, 6.45) is 1.73. The molecule has 232 valence electrons. The van der Waals surface area contributed by atoms with Crippen molar-refractivity contribution in [3.05, 3.63) is 160 Å². The molecule has 0 fully saturated rings. The van der Waals surface area contributed by atoms with Gasteiger partial charge in [0.15, 0.2) is 16.3 Å². The molecule has 0 saturated carbocycles. The molecule has 1 aliphatic heterocycles. The fourth-order valence-electron chi connectivity index (χ4n) is 5.16. The Labute approximate surface area is 279 Å². The highest BCUT2D eigenvalue weighted by Gasteiger charge is 2.34. The van der Waals surface area contributed by atoms with Crippen LogP contribution in [0.4, 0.5) is 0 Å². The molecule has 46 heavy (non-hydrogen) atoms. The van der Waals surface area contributed by atoms with E-state index in [-0.39, 0.29) is 17.7 Å². The molecule has 1 atom stereocenters. The van der Waals surface area contributed by atoms with E-state index >= 15 is 0 Å². The minimum Gasteiger partial charge on any atom is -0.493 e. The average Bonchev–Trinajstić information content (AvgIpc) is 3.38. The van der Waals surface area contributed by atoms with E-state index in [9.17, 15) is 9.59 Å². The highest BCUT2D eigenvalue weighted by Crippen LogP contribution is 2.36. The van der Waals surface area contributed by atoms with Crippen molar-refractivity contribution in [3.8, 4) is 11.5 Å². The van der Waals surface area contributed by atoms with E-state index in [4.69, 9.17) is 42.4 Å². The first-order chi connectivity index (χ1) is 22.3. The number of hydrogen-bond acceptors (Lipinski definition) is 7. The number of esters is 1. The standard InChI is InChI=1S/C36H28Cl2N2O5S/c1-22-32(35(42)45-21-24-11-7-4-8-12-24)33(26-14-16-29(30(19-26)43-2)44-20-23-9-5-3-6-10-23)40-34(41)31(46-36(40)39-22)18-25-13-15-27(37)28(38)17-25/h3-19,33H,20-21H2,1-2H3. The number of methoxy groups -OCH3 is 1. The van der Waals surface area contributed by atoms with Crippen molar-refractivity contribution >= 4 is 46.6 Å². The largest absolute Gasteiger partial charge is 0.493 e. The quantitative estimate of drug-likeness (QED) is 0.160. The third-order valence-corrected chi connectivity index (χ3v) is 9.16. The van der Waals surface area contributed by atoms with E-state index < -0.39 is 12.0 Å². The maximum absolute atomic E-state index is 14.1. The molecule has 0 N–H and O–H groups in total. The minimum atomic E-state index is -0.840. The van der Waals surface area contributed by atoms with Crippen LogP contribution >= 0.6 is 34.5 Å². The van der Waals surface area contributed by atoms with Crippen LogP contribution in [0.2, 0.25) is 10.0 Å². The summed E-state index contributed by atoms with van der Waals surface area (Å²) < 4.78 is 19.5. The molecule has 6 rings (SSSR count). The number of thiazole rings is 1. The predicted molar refractivity (Wildman–Crippen MR) is 180 cm³/mol. The van der Waals surface area contributed by atoms with Gasteiger partial charge in [0, 0.05) is 0 Å². The van der Waals surface area contributed by atoms with Gasteiger partial charge in [0.1, 0.15) is 13.2 Å². The van der Waals surface area contributed by atoms with Crippen LogP contribution < -0.4 is 24.4 Å². The molecule has 0 amide bonds. The maximum atomic E-state index is 14.1. The smallest absolute Gasteiger partial charge is 0.338 e. The van der Waals surface area contributed by atoms with Crippen LogP contribution in [0.1, 0.15) is 35.2 Å². The number of allylic oxidation sites excluding steroid dienone is 1. The fourth-order valence-corrected chi connectivity index (χ4v) is 6.51. The number of carbonyl (C=O) groups is 1. The molecule has 1 aromatic heterocycles. The number of benzene rings is 4. The summed E-state index contributed by atoms with van der Waals surface area (Å²) in [6, 6.07) is 28.9. The number of ether oxygens (including phenoxy) is 3. The van der Waals surface area contributed by atoms with Crippen LogP contribution in [0.3, 0.4) is 0 Å². The first-order valence-corrected chi connectivity index (χ1v) is 15.9. The number of carbonyl (C=O) groups excluding carboxylic acids is 1. The summed E-state index contributed by atoms with van der Waals surface area (Å²) in [5.74, 6) is 0.409. The van der Waals surface area contributed by atoms with Gasteiger partial charge in [-0.3, -0.25) is 9.36 Å². The predicted octanol–water partition coefficient (Wildman–Crippen LogP) is 6.87. The van der Waals surface area contributed by atoms with Gasteiger partial charge in [0.2, 0.25) is 0 Å². The van der Waals surface area contributed by atoms with Gasteiger partial charge in [-0.25, -0.2) is 9.79 Å². The molecular weight excluding hydrogens is 643 g/mol. The number of hydrogen-bond donors (Lipinski definition) is 0. The van der Waals surface area contributed by atoms with Crippen LogP contribution in [-0.4, -0.2) is 17.6 Å². The van der Waals surface area contributed by atoms with E-state index in [1.165, 1.54) is 15.9 Å². The first-order valence-electron chi connectivity index (χ1n) is 14.4. The second kappa shape index (κ2) is 13.8. The van der Waals surface area contributed by atoms with Crippen molar-refractivity contribution in [2.45, 2.75) is 26.2 Å². The lowest BCUT2D eigenvalue weighted by atomic mass is 9.95. The second-order valence-electron chi connectivity index (χ2n) is 10.5. The SMILES string of the molecule is COc1cc(C2C(C(=O)OCc3ccccc3)=C(C)N=c3sc(=Cc4ccc(Cl)c(Cl)c4)c(=O)n32)ccc1OCc1ccccc1. The Hall–Kier alpha value is -4.63. The van der Waals surface area contributed by atoms with E-state index in [1.54, 1.807) is 50.4 Å². The fraction of sp³-hybridized carbons (Fsp3) is 0.139. The topological polar surface area (TPSA) is 79.1 Å². The Kier molecular flexibility index (Phi) is 9.40. The summed E-state index contributed by atoms with van der Waals surface area (Å²) in [4.78, 5) is 33.0. The number of nitrogens with zero attached hydrogens (tertiary/aromatic N) is 2. The zero-order valence-corrected chi connectivity index (χ0v) is 27.2. The monoisotopic (exact) mass is 670 g/mol. The number of halogens is 2. The van der Waals surface area contributed by atoms with Gasteiger partial charge in [0.05, 0.1) is 39.0 Å². The highest BCUT2D eigenvalue weighted by atomic mass is 35.5. The van der Waals surface area contributed by atoms with E-state index in [2.05, 4.69) is 0 Å². The molecular formula is C36H28Cl2N2O5S. The number of fused-ring (bicyclic) bond motifs is 1. The Morgan fingerprint density at radius 2 is 1.59 bits per heavy atom. The van der Waals surface area contributed by atoms with Crippen molar-refractivity contribution in [1.82, 2.24) is 4.57 Å². The molecule has 7 nitrogen and oxygen atoms in total. The molecule has 10 heteroatoms. The molecule has 1 aliphatic rings. The first kappa shape index (κ1) is 31.4. The molecule has 1 unspecified atom stereocenters. The summed E-state index contributed by atoms with van der Waals surface area (Å²) in [6.45, 7) is 2.16. The van der Waals surface area contributed by atoms with Gasteiger partial charge in [-0.2, -0.15) is 0 Å². The van der Waals surface area contributed by atoms with Crippen molar-refractivity contribution in [2.24, 2.45) is 4.99 Å². The Bertz CT molecular complexity index is 2130. The Morgan fingerprint density at radius 1 is 0.891 bits per heavy atom. The summed E-state index contributed by atoms with van der Waals surface area (Å²) >= 11 is 13.6. The molecule has 0 bridgehead atoms. The van der Waals surface area contributed by atoms with Crippen LogP contribution in [0, 0.1) is 0 Å². The minimum absolute atomic E-state index is 0.0699. The number of rotatable bonds is 9. The normalized spacial score (nSPS) is 14.4. The lowest BCUT2D eigenvalue weighted by molar-refractivity contribution is -0.140. The third-order valence-electron chi connectivity index (χ3n) is 7.44.